The highest BCUT2D eigenvalue weighted by Crippen LogP contribution is 2.22. The molecule has 3 aromatic rings. The first-order valence-electron chi connectivity index (χ1n) is 5.49. The molecule has 0 unspecified atom stereocenters. The number of rotatable bonds is 2. The number of carbonyl (C=O) groups is 1. The van der Waals surface area contributed by atoms with Crippen molar-refractivity contribution in [1.29, 1.82) is 0 Å². The van der Waals surface area contributed by atoms with Crippen LogP contribution in [0.4, 0.5) is 5.82 Å². The lowest BCUT2D eigenvalue weighted by molar-refractivity contribution is 0.101. The van der Waals surface area contributed by atoms with Crippen molar-refractivity contribution in [2.75, 3.05) is 5.73 Å². The monoisotopic (exact) mass is 238 g/mol. The lowest BCUT2D eigenvalue weighted by Gasteiger charge is -1.99. The molecule has 0 fully saturated rings. The van der Waals surface area contributed by atoms with Gasteiger partial charge >= 0.3 is 0 Å². The van der Waals surface area contributed by atoms with Gasteiger partial charge in [0.25, 0.3) is 0 Å². The van der Waals surface area contributed by atoms with Crippen LogP contribution in [0, 0.1) is 0 Å². The van der Waals surface area contributed by atoms with Crippen LogP contribution in [0.3, 0.4) is 0 Å². The smallest absolute Gasteiger partial charge is 0.231 e. The van der Waals surface area contributed by atoms with Crippen molar-refractivity contribution in [3.63, 3.8) is 0 Å². The van der Waals surface area contributed by atoms with Gasteiger partial charge in [0.15, 0.2) is 5.76 Å². The van der Waals surface area contributed by atoms with Crippen molar-refractivity contribution in [3.05, 3.63) is 60.0 Å². The first-order chi connectivity index (χ1) is 8.75. The van der Waals surface area contributed by atoms with Crippen LogP contribution < -0.4 is 5.73 Å². The van der Waals surface area contributed by atoms with E-state index in [1.807, 2.05) is 24.3 Å². The summed E-state index contributed by atoms with van der Waals surface area (Å²) in [5.41, 5.74) is 6.72. The van der Waals surface area contributed by atoms with Gasteiger partial charge < -0.3 is 10.2 Å². The number of furan rings is 1. The lowest BCUT2D eigenvalue weighted by atomic mass is 10.1. The molecule has 0 atom stereocenters. The van der Waals surface area contributed by atoms with Gasteiger partial charge in [-0.2, -0.15) is 0 Å². The van der Waals surface area contributed by atoms with Crippen LogP contribution >= 0.6 is 0 Å². The number of hydrogen-bond donors (Lipinski definition) is 1. The zero-order chi connectivity index (χ0) is 12.5. The normalized spacial score (nSPS) is 10.7. The number of nitrogens with zero attached hydrogens (tertiary/aromatic N) is 1. The maximum absolute atomic E-state index is 12.2. The molecule has 4 nitrogen and oxygen atoms in total. The second-order valence-electron chi connectivity index (χ2n) is 3.91. The van der Waals surface area contributed by atoms with Gasteiger partial charge in [-0.1, -0.05) is 18.2 Å². The van der Waals surface area contributed by atoms with E-state index in [0.717, 1.165) is 5.39 Å². The van der Waals surface area contributed by atoms with Crippen molar-refractivity contribution < 1.29 is 9.21 Å². The van der Waals surface area contributed by atoms with Crippen molar-refractivity contribution in [1.82, 2.24) is 4.98 Å². The first kappa shape index (κ1) is 10.5. The Morgan fingerprint density at radius 2 is 2.00 bits per heavy atom. The second-order valence-corrected chi connectivity index (χ2v) is 3.91. The quantitative estimate of drug-likeness (QED) is 0.697. The summed E-state index contributed by atoms with van der Waals surface area (Å²) in [6.07, 6.45) is 1.55. The number of para-hydroxylation sites is 1. The van der Waals surface area contributed by atoms with Crippen LogP contribution in [-0.2, 0) is 0 Å². The minimum absolute atomic E-state index is 0.211. The van der Waals surface area contributed by atoms with Crippen molar-refractivity contribution in [2.45, 2.75) is 0 Å². The SMILES string of the molecule is Nc1ncccc1C(=O)c1cc2ccccc2o1. The molecule has 0 amide bonds. The highest BCUT2D eigenvalue weighted by molar-refractivity contribution is 6.11. The highest BCUT2D eigenvalue weighted by Gasteiger charge is 2.17. The number of aromatic nitrogens is 1. The fraction of sp³-hybridized carbons (Fsp3) is 0. The van der Waals surface area contributed by atoms with Gasteiger partial charge in [0.1, 0.15) is 11.4 Å². The fourth-order valence-electron chi connectivity index (χ4n) is 1.84. The molecule has 0 bridgehead atoms. The molecule has 2 N–H and O–H groups in total. The van der Waals surface area contributed by atoms with E-state index in [1.165, 1.54) is 0 Å². The highest BCUT2D eigenvalue weighted by atomic mass is 16.3. The average molecular weight is 238 g/mol. The van der Waals surface area contributed by atoms with Crippen LogP contribution in [0.25, 0.3) is 11.0 Å². The molecule has 0 saturated heterocycles. The van der Waals surface area contributed by atoms with Gasteiger partial charge in [-0.15, -0.1) is 0 Å². The number of fused-ring (bicyclic) bond motifs is 1. The second kappa shape index (κ2) is 4.00. The van der Waals surface area contributed by atoms with E-state index < -0.39 is 0 Å². The average Bonchev–Trinajstić information content (AvgIpc) is 2.82. The number of anilines is 1. The van der Waals surface area contributed by atoms with Crippen LogP contribution in [-0.4, -0.2) is 10.8 Å². The summed E-state index contributed by atoms with van der Waals surface area (Å²) in [7, 11) is 0. The predicted octanol–water partition coefficient (Wildman–Crippen LogP) is 2.64. The van der Waals surface area contributed by atoms with E-state index in [1.54, 1.807) is 24.4 Å². The maximum atomic E-state index is 12.2. The molecule has 4 heteroatoms. The summed E-state index contributed by atoms with van der Waals surface area (Å²) in [4.78, 5) is 16.1. The molecule has 3 rings (SSSR count). The Morgan fingerprint density at radius 1 is 1.17 bits per heavy atom. The molecule has 0 spiro atoms. The molecule has 0 aliphatic heterocycles. The predicted molar refractivity (Wildman–Crippen MR) is 68.3 cm³/mol. The van der Waals surface area contributed by atoms with Crippen molar-refractivity contribution in [2.24, 2.45) is 0 Å². The summed E-state index contributed by atoms with van der Waals surface area (Å²) in [6.45, 7) is 0. The molecule has 0 radical (unpaired) electrons. The summed E-state index contributed by atoms with van der Waals surface area (Å²) in [5, 5.41) is 0.892. The van der Waals surface area contributed by atoms with E-state index in [-0.39, 0.29) is 17.4 Å². The van der Waals surface area contributed by atoms with Crippen LogP contribution in [0.15, 0.2) is 53.1 Å². The van der Waals surface area contributed by atoms with Crippen LogP contribution in [0.5, 0.6) is 0 Å². The molecule has 2 aromatic heterocycles. The third-order valence-electron chi connectivity index (χ3n) is 2.73. The standard InChI is InChI=1S/C14H10N2O2/c15-14-10(5-3-7-16-14)13(17)12-8-9-4-1-2-6-11(9)18-12/h1-8H,(H2,15,16). The third kappa shape index (κ3) is 1.64. The van der Waals surface area contributed by atoms with E-state index in [0.29, 0.717) is 11.1 Å². The number of hydrogen-bond acceptors (Lipinski definition) is 4. The molecule has 0 aliphatic carbocycles. The Balaban J connectivity index is 2.10. The van der Waals surface area contributed by atoms with Gasteiger partial charge in [-0.25, -0.2) is 4.98 Å². The number of nitrogen functional groups attached to an aromatic ring is 1. The maximum Gasteiger partial charge on any atom is 0.231 e. The summed E-state index contributed by atoms with van der Waals surface area (Å²) >= 11 is 0. The van der Waals surface area contributed by atoms with E-state index in [4.69, 9.17) is 10.2 Å². The Hall–Kier alpha value is -2.62. The van der Waals surface area contributed by atoms with E-state index in [2.05, 4.69) is 4.98 Å². The molecule has 18 heavy (non-hydrogen) atoms. The molecular weight excluding hydrogens is 228 g/mol. The van der Waals surface area contributed by atoms with E-state index >= 15 is 0 Å². The Kier molecular flexibility index (Phi) is 2.34. The minimum atomic E-state index is -0.253. The van der Waals surface area contributed by atoms with E-state index in [9.17, 15) is 4.79 Å². The Morgan fingerprint density at radius 3 is 2.78 bits per heavy atom. The third-order valence-corrected chi connectivity index (χ3v) is 2.73. The topological polar surface area (TPSA) is 69.1 Å². The number of benzene rings is 1. The van der Waals surface area contributed by atoms with Crippen molar-refractivity contribution >= 4 is 22.6 Å². The Labute approximate surface area is 103 Å². The number of pyridine rings is 1. The van der Waals surface area contributed by atoms with Gasteiger partial charge in [-0.3, -0.25) is 4.79 Å². The molecule has 88 valence electrons. The zero-order valence-corrected chi connectivity index (χ0v) is 9.46. The summed E-state index contributed by atoms with van der Waals surface area (Å²) < 4.78 is 5.51. The molecule has 2 heterocycles. The van der Waals surface area contributed by atoms with Gasteiger partial charge in [0.05, 0.1) is 5.56 Å². The summed E-state index contributed by atoms with van der Waals surface area (Å²) in [5.74, 6) is 0.232. The van der Waals surface area contributed by atoms with Gasteiger partial charge in [-0.05, 0) is 24.3 Å². The first-order valence-corrected chi connectivity index (χ1v) is 5.49. The number of carbonyl (C=O) groups excluding carboxylic acids is 1. The molecule has 1 aromatic carbocycles. The van der Waals surface area contributed by atoms with Gasteiger partial charge in [0, 0.05) is 11.6 Å². The molecule has 0 saturated carbocycles. The largest absolute Gasteiger partial charge is 0.453 e. The van der Waals surface area contributed by atoms with Gasteiger partial charge in [0.2, 0.25) is 5.78 Å². The molecule has 0 aliphatic rings. The molecular formula is C14H10N2O2. The number of ketones is 1. The number of nitrogens with two attached hydrogens (primary N) is 1. The zero-order valence-electron chi connectivity index (χ0n) is 9.46. The summed E-state index contributed by atoms with van der Waals surface area (Å²) in [6, 6.07) is 12.5. The van der Waals surface area contributed by atoms with Crippen molar-refractivity contribution in [3.8, 4) is 0 Å². The van der Waals surface area contributed by atoms with Crippen LogP contribution in [0.1, 0.15) is 16.1 Å². The fourth-order valence-corrected chi connectivity index (χ4v) is 1.84. The Bertz CT molecular complexity index is 698. The van der Waals surface area contributed by atoms with Crippen LogP contribution in [0.2, 0.25) is 0 Å². The minimum Gasteiger partial charge on any atom is -0.453 e. The lowest BCUT2D eigenvalue weighted by Crippen LogP contribution is -2.05.